The van der Waals surface area contributed by atoms with Crippen LogP contribution in [0.5, 0.6) is 5.75 Å². The molecular formula is C15H17NO5. The van der Waals surface area contributed by atoms with Crippen LogP contribution in [0.25, 0.3) is 10.9 Å². The number of H-pyrrole nitrogens is 1. The third-order valence-electron chi connectivity index (χ3n) is 3.01. The third-order valence-corrected chi connectivity index (χ3v) is 3.01. The zero-order valence-electron chi connectivity index (χ0n) is 12.2. The Morgan fingerprint density at radius 2 is 2.05 bits per heavy atom. The molecule has 0 aliphatic heterocycles. The number of benzene rings is 1. The quantitative estimate of drug-likeness (QED) is 0.854. The number of carbonyl (C=O) groups excluding carboxylic acids is 2. The van der Waals surface area contributed by atoms with Gasteiger partial charge in [0.15, 0.2) is 6.61 Å². The maximum Gasteiger partial charge on any atom is 0.344 e. The first-order valence-electron chi connectivity index (χ1n) is 6.55. The summed E-state index contributed by atoms with van der Waals surface area (Å²) in [5, 5.41) is 0.695. The van der Waals surface area contributed by atoms with Crippen LogP contribution in [0, 0.1) is 6.92 Å². The summed E-state index contributed by atoms with van der Waals surface area (Å²) < 4.78 is 14.9. The number of aryl methyl sites for hydroxylation is 1. The van der Waals surface area contributed by atoms with E-state index in [0.717, 1.165) is 11.2 Å². The number of carbonyl (C=O) groups is 2. The Balaban J connectivity index is 2.28. The molecule has 0 spiro atoms. The predicted octanol–water partition coefficient (Wildman–Crippen LogP) is 2.20. The Bertz CT molecular complexity index is 674. The summed E-state index contributed by atoms with van der Waals surface area (Å²) in [6, 6.07) is 5.21. The maximum absolute atomic E-state index is 11.8. The highest BCUT2D eigenvalue weighted by Crippen LogP contribution is 2.27. The Morgan fingerprint density at radius 3 is 2.71 bits per heavy atom. The first-order valence-corrected chi connectivity index (χ1v) is 6.55. The van der Waals surface area contributed by atoms with E-state index < -0.39 is 11.9 Å². The molecule has 0 saturated heterocycles. The van der Waals surface area contributed by atoms with Gasteiger partial charge < -0.3 is 19.2 Å². The number of rotatable bonds is 5. The fourth-order valence-corrected chi connectivity index (χ4v) is 2.11. The fourth-order valence-electron chi connectivity index (χ4n) is 2.11. The van der Waals surface area contributed by atoms with Crippen LogP contribution in [0.15, 0.2) is 18.2 Å². The molecule has 112 valence electrons. The SMILES string of the molecule is CCOC(=O)COc1ccc2[nH]c(C)c(C(=O)OC)c2c1. The largest absolute Gasteiger partial charge is 0.482 e. The summed E-state index contributed by atoms with van der Waals surface area (Å²) in [6.07, 6.45) is 0. The Kier molecular flexibility index (Phi) is 4.47. The zero-order valence-corrected chi connectivity index (χ0v) is 12.2. The maximum atomic E-state index is 11.8. The number of methoxy groups -OCH3 is 1. The molecule has 0 bridgehead atoms. The van der Waals surface area contributed by atoms with Gasteiger partial charge in [-0.3, -0.25) is 0 Å². The van der Waals surface area contributed by atoms with Crippen molar-refractivity contribution < 1.29 is 23.8 Å². The van der Waals surface area contributed by atoms with Crippen LogP contribution in [0.2, 0.25) is 0 Å². The van der Waals surface area contributed by atoms with Gasteiger partial charge in [0, 0.05) is 16.6 Å². The van der Waals surface area contributed by atoms with Crippen LogP contribution >= 0.6 is 0 Å². The number of esters is 2. The zero-order chi connectivity index (χ0) is 15.4. The average Bonchev–Trinajstić information content (AvgIpc) is 2.80. The van der Waals surface area contributed by atoms with Gasteiger partial charge in [0.25, 0.3) is 0 Å². The minimum absolute atomic E-state index is 0.170. The number of fused-ring (bicyclic) bond motifs is 1. The molecule has 6 nitrogen and oxygen atoms in total. The van der Waals surface area contributed by atoms with Crippen molar-refractivity contribution in [1.82, 2.24) is 4.98 Å². The molecule has 0 unspecified atom stereocenters. The number of ether oxygens (including phenoxy) is 3. The van der Waals surface area contributed by atoms with Crippen LogP contribution in [0.1, 0.15) is 23.0 Å². The second-order valence-electron chi connectivity index (χ2n) is 4.42. The fraction of sp³-hybridized carbons (Fsp3) is 0.333. The van der Waals surface area contributed by atoms with Crippen molar-refractivity contribution in [2.75, 3.05) is 20.3 Å². The van der Waals surface area contributed by atoms with E-state index in [1.54, 1.807) is 32.0 Å². The highest BCUT2D eigenvalue weighted by atomic mass is 16.6. The van der Waals surface area contributed by atoms with E-state index in [1.165, 1.54) is 7.11 Å². The number of hydrogen-bond donors (Lipinski definition) is 1. The van der Waals surface area contributed by atoms with Gasteiger partial charge in [0.05, 0.1) is 19.3 Å². The molecule has 0 radical (unpaired) electrons. The molecule has 1 aromatic heterocycles. The Hall–Kier alpha value is -2.50. The molecular weight excluding hydrogens is 274 g/mol. The van der Waals surface area contributed by atoms with Crippen molar-refractivity contribution >= 4 is 22.8 Å². The Morgan fingerprint density at radius 1 is 1.29 bits per heavy atom. The third kappa shape index (κ3) is 3.16. The van der Waals surface area contributed by atoms with Crippen molar-refractivity contribution in [2.24, 2.45) is 0 Å². The van der Waals surface area contributed by atoms with Crippen LogP contribution in [-0.2, 0) is 14.3 Å². The summed E-state index contributed by atoms with van der Waals surface area (Å²) in [7, 11) is 1.34. The van der Waals surface area contributed by atoms with Gasteiger partial charge in [-0.25, -0.2) is 9.59 Å². The van der Waals surface area contributed by atoms with Crippen molar-refractivity contribution in [1.29, 1.82) is 0 Å². The van der Waals surface area contributed by atoms with Gasteiger partial charge in [-0.1, -0.05) is 0 Å². The van der Waals surface area contributed by atoms with Crippen LogP contribution in [-0.4, -0.2) is 37.2 Å². The lowest BCUT2D eigenvalue weighted by atomic mass is 10.1. The normalized spacial score (nSPS) is 10.4. The monoisotopic (exact) mass is 291 g/mol. The number of aromatic amines is 1. The standard InChI is InChI=1S/C15H17NO5/c1-4-20-13(17)8-21-10-5-6-12-11(7-10)14(9(2)16-12)15(18)19-3/h5-7,16H,4,8H2,1-3H3. The minimum Gasteiger partial charge on any atom is -0.482 e. The summed E-state index contributed by atoms with van der Waals surface area (Å²) in [4.78, 5) is 26.2. The van der Waals surface area contributed by atoms with Crippen LogP contribution in [0.4, 0.5) is 0 Å². The van der Waals surface area contributed by atoms with Crippen LogP contribution < -0.4 is 4.74 Å². The van der Waals surface area contributed by atoms with Crippen molar-refractivity contribution in [2.45, 2.75) is 13.8 Å². The molecule has 0 fully saturated rings. The van der Waals surface area contributed by atoms with E-state index in [-0.39, 0.29) is 6.61 Å². The second-order valence-corrected chi connectivity index (χ2v) is 4.42. The van der Waals surface area contributed by atoms with Gasteiger partial charge in [-0.2, -0.15) is 0 Å². The summed E-state index contributed by atoms with van der Waals surface area (Å²) in [5.41, 5.74) is 1.99. The smallest absolute Gasteiger partial charge is 0.344 e. The van der Waals surface area contributed by atoms with E-state index in [0.29, 0.717) is 23.3 Å². The highest BCUT2D eigenvalue weighted by Gasteiger charge is 2.17. The molecule has 0 aliphatic rings. The van der Waals surface area contributed by atoms with Gasteiger partial charge in [0.2, 0.25) is 0 Å². The first-order chi connectivity index (χ1) is 10.1. The number of aromatic nitrogens is 1. The molecule has 0 amide bonds. The van der Waals surface area contributed by atoms with Gasteiger partial charge in [-0.05, 0) is 32.0 Å². The second kappa shape index (κ2) is 6.30. The molecule has 1 aromatic carbocycles. The van der Waals surface area contributed by atoms with Gasteiger partial charge in [-0.15, -0.1) is 0 Å². The van der Waals surface area contributed by atoms with E-state index in [9.17, 15) is 9.59 Å². The van der Waals surface area contributed by atoms with E-state index in [2.05, 4.69) is 4.98 Å². The highest BCUT2D eigenvalue weighted by molar-refractivity contribution is 6.05. The van der Waals surface area contributed by atoms with E-state index >= 15 is 0 Å². The summed E-state index contributed by atoms with van der Waals surface area (Å²) >= 11 is 0. The van der Waals surface area contributed by atoms with Crippen molar-refractivity contribution in [3.05, 3.63) is 29.5 Å². The molecule has 1 N–H and O–H groups in total. The van der Waals surface area contributed by atoms with Crippen molar-refractivity contribution in [3.63, 3.8) is 0 Å². The molecule has 0 atom stereocenters. The van der Waals surface area contributed by atoms with Gasteiger partial charge >= 0.3 is 11.9 Å². The lowest BCUT2D eigenvalue weighted by Gasteiger charge is -2.06. The molecule has 2 rings (SSSR count). The molecule has 0 saturated carbocycles. The number of nitrogens with one attached hydrogen (secondary N) is 1. The average molecular weight is 291 g/mol. The summed E-state index contributed by atoms with van der Waals surface area (Å²) in [6.45, 7) is 3.67. The predicted molar refractivity (Wildman–Crippen MR) is 76.5 cm³/mol. The van der Waals surface area contributed by atoms with Crippen LogP contribution in [0.3, 0.4) is 0 Å². The molecule has 1 heterocycles. The minimum atomic E-state index is -0.434. The van der Waals surface area contributed by atoms with E-state index in [4.69, 9.17) is 14.2 Å². The van der Waals surface area contributed by atoms with Gasteiger partial charge in [0.1, 0.15) is 5.75 Å². The lowest BCUT2D eigenvalue weighted by molar-refractivity contribution is -0.145. The molecule has 2 aromatic rings. The topological polar surface area (TPSA) is 77.6 Å². The summed E-state index contributed by atoms with van der Waals surface area (Å²) in [5.74, 6) is -0.364. The molecule has 0 aliphatic carbocycles. The van der Waals surface area contributed by atoms with E-state index in [1.807, 2.05) is 0 Å². The lowest BCUT2D eigenvalue weighted by Crippen LogP contribution is -2.14. The Labute approximate surface area is 122 Å². The molecule has 21 heavy (non-hydrogen) atoms. The first kappa shape index (κ1) is 14.9. The van der Waals surface area contributed by atoms with Crippen molar-refractivity contribution in [3.8, 4) is 5.75 Å². The molecule has 6 heteroatoms. The number of hydrogen-bond acceptors (Lipinski definition) is 5.